The lowest BCUT2D eigenvalue weighted by Crippen LogP contribution is -2.23. The lowest BCUT2D eigenvalue weighted by atomic mass is 10.1. The third-order valence-electron chi connectivity index (χ3n) is 3.94. The Morgan fingerprint density at radius 2 is 1.48 bits per heavy atom. The van der Waals surface area contributed by atoms with Gasteiger partial charge >= 0.3 is 0 Å². The van der Waals surface area contributed by atoms with E-state index in [4.69, 9.17) is 0 Å². The van der Waals surface area contributed by atoms with Gasteiger partial charge in [-0.3, -0.25) is 19.6 Å². The summed E-state index contributed by atoms with van der Waals surface area (Å²) in [4.78, 5) is 32.8. The number of benzene rings is 1. The number of hydrogen-bond acceptors (Lipinski definition) is 4. The molecule has 6 heteroatoms. The predicted octanol–water partition coefficient (Wildman–Crippen LogP) is 3.28. The lowest BCUT2D eigenvalue weighted by Gasteiger charge is -2.09. The summed E-state index contributed by atoms with van der Waals surface area (Å²) < 4.78 is 0. The molecule has 0 atom stereocenters. The number of aromatic nitrogens is 2. The summed E-state index contributed by atoms with van der Waals surface area (Å²) >= 11 is 0. The summed E-state index contributed by atoms with van der Waals surface area (Å²) in [7, 11) is 0. The maximum absolute atomic E-state index is 12.5. The van der Waals surface area contributed by atoms with E-state index in [1.807, 2.05) is 44.2 Å². The standard InChI is InChI=1S/C21H20N4O2/c1-14-7-15(2)9-19(8-14)25-21(27)18-10-17(12-23-13-18)20(26)24-11-16-3-5-22-6-4-16/h3-10,12-13H,11H2,1-2H3,(H,24,26)(H,25,27). The average Bonchev–Trinajstić information content (AvgIpc) is 2.66. The van der Waals surface area contributed by atoms with E-state index in [0.29, 0.717) is 23.4 Å². The van der Waals surface area contributed by atoms with Crippen LogP contribution < -0.4 is 10.6 Å². The Labute approximate surface area is 157 Å². The second kappa shape index (κ2) is 8.23. The molecule has 0 aliphatic rings. The smallest absolute Gasteiger partial charge is 0.257 e. The van der Waals surface area contributed by atoms with Crippen LogP contribution >= 0.6 is 0 Å². The van der Waals surface area contributed by atoms with Crippen LogP contribution in [0.25, 0.3) is 0 Å². The van der Waals surface area contributed by atoms with Gasteiger partial charge in [-0.25, -0.2) is 0 Å². The summed E-state index contributed by atoms with van der Waals surface area (Å²) in [6.45, 7) is 4.32. The van der Waals surface area contributed by atoms with E-state index in [2.05, 4.69) is 20.6 Å². The Morgan fingerprint density at radius 3 is 2.15 bits per heavy atom. The van der Waals surface area contributed by atoms with Gasteiger partial charge in [0.25, 0.3) is 11.8 Å². The number of nitrogens with one attached hydrogen (secondary N) is 2. The van der Waals surface area contributed by atoms with Crippen molar-refractivity contribution in [2.24, 2.45) is 0 Å². The van der Waals surface area contributed by atoms with E-state index in [1.165, 1.54) is 18.5 Å². The van der Waals surface area contributed by atoms with Gasteiger partial charge < -0.3 is 10.6 Å². The van der Waals surface area contributed by atoms with Crippen molar-refractivity contribution < 1.29 is 9.59 Å². The Morgan fingerprint density at radius 1 is 0.852 bits per heavy atom. The number of carbonyl (C=O) groups excluding carboxylic acids is 2. The zero-order valence-electron chi connectivity index (χ0n) is 15.2. The minimum atomic E-state index is -0.309. The first kappa shape index (κ1) is 18.3. The first-order chi connectivity index (χ1) is 13.0. The third kappa shape index (κ3) is 4.98. The van der Waals surface area contributed by atoms with Crippen molar-refractivity contribution in [1.82, 2.24) is 15.3 Å². The molecule has 0 bridgehead atoms. The molecule has 3 aromatic rings. The van der Waals surface area contributed by atoms with Crippen molar-refractivity contribution in [2.45, 2.75) is 20.4 Å². The van der Waals surface area contributed by atoms with Gasteiger partial charge in [-0.1, -0.05) is 6.07 Å². The van der Waals surface area contributed by atoms with Crippen LogP contribution in [0.3, 0.4) is 0 Å². The minimum Gasteiger partial charge on any atom is -0.348 e. The number of hydrogen-bond donors (Lipinski definition) is 2. The van der Waals surface area contributed by atoms with E-state index in [1.54, 1.807) is 12.4 Å². The summed E-state index contributed by atoms with van der Waals surface area (Å²) in [6, 6.07) is 11.0. The number of carbonyl (C=O) groups is 2. The third-order valence-corrected chi connectivity index (χ3v) is 3.94. The molecule has 3 rings (SSSR count). The second-order valence-electron chi connectivity index (χ2n) is 6.33. The molecule has 0 aliphatic carbocycles. The molecule has 2 heterocycles. The number of anilines is 1. The van der Waals surface area contributed by atoms with Crippen LogP contribution in [0.2, 0.25) is 0 Å². The highest BCUT2D eigenvalue weighted by molar-refractivity contribution is 6.05. The molecule has 0 radical (unpaired) electrons. The summed E-state index contributed by atoms with van der Waals surface area (Å²) in [5, 5.41) is 5.65. The molecule has 0 saturated heterocycles. The molecular formula is C21H20N4O2. The lowest BCUT2D eigenvalue weighted by molar-refractivity contribution is 0.0950. The zero-order valence-corrected chi connectivity index (χ0v) is 15.2. The Kier molecular flexibility index (Phi) is 5.56. The van der Waals surface area contributed by atoms with Crippen molar-refractivity contribution >= 4 is 17.5 Å². The van der Waals surface area contributed by atoms with Crippen molar-refractivity contribution in [1.29, 1.82) is 0 Å². The largest absolute Gasteiger partial charge is 0.348 e. The van der Waals surface area contributed by atoms with E-state index in [9.17, 15) is 9.59 Å². The fourth-order valence-electron chi connectivity index (χ4n) is 2.72. The molecule has 27 heavy (non-hydrogen) atoms. The minimum absolute atomic E-state index is 0.291. The molecule has 0 fully saturated rings. The van der Waals surface area contributed by atoms with Crippen LogP contribution in [-0.2, 0) is 6.54 Å². The van der Waals surface area contributed by atoms with Crippen LogP contribution in [0.1, 0.15) is 37.4 Å². The monoisotopic (exact) mass is 360 g/mol. The van der Waals surface area contributed by atoms with E-state index in [0.717, 1.165) is 16.7 Å². The molecule has 2 amide bonds. The number of rotatable bonds is 5. The normalized spacial score (nSPS) is 10.3. The van der Waals surface area contributed by atoms with Crippen LogP contribution in [-0.4, -0.2) is 21.8 Å². The number of pyridine rings is 2. The van der Waals surface area contributed by atoms with Gasteiger partial charge in [0.1, 0.15) is 0 Å². The fourth-order valence-corrected chi connectivity index (χ4v) is 2.72. The van der Waals surface area contributed by atoms with Gasteiger partial charge in [0.05, 0.1) is 11.1 Å². The Balaban J connectivity index is 1.68. The van der Waals surface area contributed by atoms with Crippen LogP contribution in [0.4, 0.5) is 5.69 Å². The number of amides is 2. The Bertz CT molecular complexity index is 951. The first-order valence-electron chi connectivity index (χ1n) is 8.53. The topological polar surface area (TPSA) is 84.0 Å². The SMILES string of the molecule is Cc1cc(C)cc(NC(=O)c2cncc(C(=O)NCc3ccncc3)c2)c1. The van der Waals surface area contributed by atoms with Gasteiger partial charge in [0, 0.05) is 37.0 Å². The highest BCUT2D eigenvalue weighted by Crippen LogP contribution is 2.15. The molecule has 136 valence electrons. The molecular weight excluding hydrogens is 340 g/mol. The first-order valence-corrected chi connectivity index (χ1v) is 8.53. The average molecular weight is 360 g/mol. The van der Waals surface area contributed by atoms with Gasteiger partial charge in [0.2, 0.25) is 0 Å². The van der Waals surface area contributed by atoms with Crippen LogP contribution in [0.15, 0.2) is 61.2 Å². The van der Waals surface area contributed by atoms with Gasteiger partial charge in [-0.2, -0.15) is 0 Å². The Hall–Kier alpha value is -3.54. The van der Waals surface area contributed by atoms with Gasteiger partial charge in [-0.05, 0) is 60.9 Å². The van der Waals surface area contributed by atoms with Crippen molar-refractivity contribution in [3.05, 3.63) is 89.0 Å². The van der Waals surface area contributed by atoms with Crippen molar-refractivity contribution in [2.75, 3.05) is 5.32 Å². The van der Waals surface area contributed by atoms with E-state index >= 15 is 0 Å². The molecule has 2 N–H and O–H groups in total. The summed E-state index contributed by atoms with van der Waals surface area (Å²) in [5.74, 6) is -0.600. The molecule has 0 saturated carbocycles. The molecule has 2 aromatic heterocycles. The highest BCUT2D eigenvalue weighted by atomic mass is 16.2. The molecule has 0 unspecified atom stereocenters. The molecule has 1 aromatic carbocycles. The molecule has 6 nitrogen and oxygen atoms in total. The summed E-state index contributed by atoms with van der Waals surface area (Å²) in [6.07, 6.45) is 6.22. The van der Waals surface area contributed by atoms with Gasteiger partial charge in [0.15, 0.2) is 0 Å². The zero-order chi connectivity index (χ0) is 19.2. The number of aryl methyl sites for hydroxylation is 2. The molecule has 0 spiro atoms. The van der Waals surface area contributed by atoms with Crippen LogP contribution in [0, 0.1) is 13.8 Å². The van der Waals surface area contributed by atoms with E-state index < -0.39 is 0 Å². The second-order valence-corrected chi connectivity index (χ2v) is 6.33. The maximum Gasteiger partial charge on any atom is 0.257 e. The predicted molar refractivity (Wildman–Crippen MR) is 104 cm³/mol. The van der Waals surface area contributed by atoms with Gasteiger partial charge in [-0.15, -0.1) is 0 Å². The van der Waals surface area contributed by atoms with Crippen molar-refractivity contribution in [3.63, 3.8) is 0 Å². The number of nitrogens with zero attached hydrogens (tertiary/aromatic N) is 2. The maximum atomic E-state index is 12.5. The molecule has 0 aliphatic heterocycles. The quantitative estimate of drug-likeness (QED) is 0.731. The van der Waals surface area contributed by atoms with E-state index in [-0.39, 0.29) is 11.8 Å². The van der Waals surface area contributed by atoms with Crippen LogP contribution in [0.5, 0.6) is 0 Å². The fraction of sp³-hybridized carbons (Fsp3) is 0.143. The van der Waals surface area contributed by atoms with Crippen molar-refractivity contribution in [3.8, 4) is 0 Å². The highest BCUT2D eigenvalue weighted by Gasteiger charge is 2.12. The summed E-state index contributed by atoms with van der Waals surface area (Å²) in [5.41, 5.74) is 4.43.